The lowest BCUT2D eigenvalue weighted by molar-refractivity contribution is -0.168. The summed E-state index contributed by atoms with van der Waals surface area (Å²) in [5, 5.41) is 3.15. The fourth-order valence-electron chi connectivity index (χ4n) is 1.99. The monoisotopic (exact) mass is 282 g/mol. The Morgan fingerprint density at radius 2 is 1.95 bits per heavy atom. The number of rotatable bonds is 5. The van der Waals surface area contributed by atoms with Crippen LogP contribution in [0.1, 0.15) is 26.7 Å². The molecule has 4 nitrogen and oxygen atoms in total. The number of halogens is 3. The van der Waals surface area contributed by atoms with Gasteiger partial charge in [0.2, 0.25) is 5.91 Å². The molecular formula is C12H21F3N2O2. The Labute approximate surface area is 111 Å². The number of alkyl halides is 3. The molecule has 0 aromatic rings. The minimum absolute atomic E-state index is 0.0369. The second-order valence-corrected chi connectivity index (χ2v) is 4.99. The summed E-state index contributed by atoms with van der Waals surface area (Å²) in [7, 11) is 0. The minimum Gasteiger partial charge on any atom is -0.368 e. The van der Waals surface area contributed by atoms with Crippen LogP contribution in [-0.4, -0.2) is 55.4 Å². The van der Waals surface area contributed by atoms with Crippen molar-refractivity contribution in [3.8, 4) is 0 Å². The maximum absolute atomic E-state index is 12.4. The standard InChI is InChI=1S/C12H21F3N2O2/c1-9(2)17(8-12(13,14)15)11(18)7-19-10-3-5-16-6-4-10/h9-10,16H,3-8H2,1-2H3. The number of carbonyl (C=O) groups is 1. The van der Waals surface area contributed by atoms with Gasteiger partial charge in [-0.25, -0.2) is 0 Å². The highest BCUT2D eigenvalue weighted by Crippen LogP contribution is 2.18. The fourth-order valence-corrected chi connectivity index (χ4v) is 1.99. The first-order valence-electron chi connectivity index (χ1n) is 6.48. The molecule has 1 fully saturated rings. The maximum atomic E-state index is 12.4. The average Bonchev–Trinajstić information content (AvgIpc) is 2.33. The molecule has 7 heteroatoms. The van der Waals surface area contributed by atoms with Gasteiger partial charge in [0, 0.05) is 6.04 Å². The smallest absolute Gasteiger partial charge is 0.368 e. The van der Waals surface area contributed by atoms with Crippen LogP contribution in [0.5, 0.6) is 0 Å². The molecule has 1 amide bonds. The minimum atomic E-state index is -4.38. The van der Waals surface area contributed by atoms with Gasteiger partial charge in [-0.05, 0) is 39.8 Å². The number of piperidine rings is 1. The highest BCUT2D eigenvalue weighted by Gasteiger charge is 2.34. The molecule has 0 radical (unpaired) electrons. The van der Waals surface area contributed by atoms with Crippen molar-refractivity contribution in [3.63, 3.8) is 0 Å². The van der Waals surface area contributed by atoms with Crippen molar-refractivity contribution < 1.29 is 22.7 Å². The van der Waals surface area contributed by atoms with Crippen LogP contribution in [0.2, 0.25) is 0 Å². The molecule has 0 aromatic heterocycles. The first-order valence-corrected chi connectivity index (χ1v) is 6.48. The van der Waals surface area contributed by atoms with E-state index in [4.69, 9.17) is 4.74 Å². The van der Waals surface area contributed by atoms with Crippen molar-refractivity contribution in [2.45, 2.75) is 45.0 Å². The third-order valence-electron chi connectivity index (χ3n) is 3.02. The van der Waals surface area contributed by atoms with Crippen molar-refractivity contribution in [3.05, 3.63) is 0 Å². The van der Waals surface area contributed by atoms with Gasteiger partial charge in [0.15, 0.2) is 0 Å². The Morgan fingerprint density at radius 1 is 1.37 bits per heavy atom. The van der Waals surface area contributed by atoms with Gasteiger partial charge in [0.1, 0.15) is 13.2 Å². The van der Waals surface area contributed by atoms with Gasteiger partial charge in [0.05, 0.1) is 6.10 Å². The van der Waals surface area contributed by atoms with E-state index in [1.165, 1.54) is 0 Å². The molecule has 0 unspecified atom stereocenters. The van der Waals surface area contributed by atoms with Crippen molar-refractivity contribution in [1.29, 1.82) is 0 Å². The number of nitrogens with zero attached hydrogens (tertiary/aromatic N) is 1. The van der Waals surface area contributed by atoms with Gasteiger partial charge in [-0.2, -0.15) is 13.2 Å². The molecule has 1 rings (SSSR count). The predicted octanol–water partition coefficient (Wildman–Crippen LogP) is 1.55. The molecular weight excluding hydrogens is 261 g/mol. The number of ether oxygens (including phenoxy) is 1. The highest BCUT2D eigenvalue weighted by atomic mass is 19.4. The Hall–Kier alpha value is -0.820. The summed E-state index contributed by atoms with van der Waals surface area (Å²) >= 11 is 0. The fraction of sp³-hybridized carbons (Fsp3) is 0.917. The van der Waals surface area contributed by atoms with Crippen LogP contribution in [0.15, 0.2) is 0 Å². The number of hydrogen-bond donors (Lipinski definition) is 1. The topological polar surface area (TPSA) is 41.6 Å². The van der Waals surface area contributed by atoms with Crippen molar-refractivity contribution in [2.75, 3.05) is 26.2 Å². The number of hydrogen-bond acceptors (Lipinski definition) is 3. The molecule has 19 heavy (non-hydrogen) atoms. The SMILES string of the molecule is CC(C)N(CC(F)(F)F)C(=O)COC1CCNCC1. The Kier molecular flexibility index (Phi) is 6.06. The van der Waals surface area contributed by atoms with Crippen molar-refractivity contribution >= 4 is 5.91 Å². The summed E-state index contributed by atoms with van der Waals surface area (Å²) in [5.41, 5.74) is 0. The molecule has 0 saturated carbocycles. The van der Waals surface area contributed by atoms with Crippen LogP contribution in [-0.2, 0) is 9.53 Å². The summed E-state index contributed by atoms with van der Waals surface area (Å²) in [6.45, 7) is 3.25. The van der Waals surface area contributed by atoms with E-state index in [-0.39, 0.29) is 12.7 Å². The van der Waals surface area contributed by atoms with Gasteiger partial charge in [0.25, 0.3) is 0 Å². The highest BCUT2D eigenvalue weighted by molar-refractivity contribution is 5.77. The van der Waals surface area contributed by atoms with E-state index in [1.54, 1.807) is 13.8 Å². The Morgan fingerprint density at radius 3 is 2.42 bits per heavy atom. The van der Waals surface area contributed by atoms with Crippen LogP contribution < -0.4 is 5.32 Å². The molecule has 0 atom stereocenters. The number of carbonyl (C=O) groups excluding carboxylic acids is 1. The van der Waals surface area contributed by atoms with E-state index in [9.17, 15) is 18.0 Å². The van der Waals surface area contributed by atoms with Crippen molar-refractivity contribution in [2.24, 2.45) is 0 Å². The van der Waals surface area contributed by atoms with Gasteiger partial charge in [-0.15, -0.1) is 0 Å². The molecule has 0 spiro atoms. The predicted molar refractivity (Wildman–Crippen MR) is 64.7 cm³/mol. The summed E-state index contributed by atoms with van der Waals surface area (Å²) in [5.74, 6) is -0.606. The average molecular weight is 282 g/mol. The molecule has 0 aliphatic carbocycles. The van der Waals surface area contributed by atoms with Crippen LogP contribution >= 0.6 is 0 Å². The normalized spacial score (nSPS) is 17.8. The third-order valence-corrected chi connectivity index (χ3v) is 3.02. The second kappa shape index (κ2) is 7.09. The first-order chi connectivity index (χ1) is 8.79. The quantitative estimate of drug-likeness (QED) is 0.832. The summed E-state index contributed by atoms with van der Waals surface area (Å²) in [4.78, 5) is 12.6. The molecule has 112 valence electrons. The Balaban J connectivity index is 2.43. The van der Waals surface area contributed by atoms with E-state index in [2.05, 4.69) is 5.32 Å². The number of nitrogens with one attached hydrogen (secondary N) is 1. The third kappa shape index (κ3) is 6.24. The lowest BCUT2D eigenvalue weighted by Crippen LogP contribution is -2.45. The first kappa shape index (κ1) is 16.2. The molecule has 1 aliphatic heterocycles. The van der Waals surface area contributed by atoms with E-state index in [0.29, 0.717) is 0 Å². The van der Waals surface area contributed by atoms with Crippen molar-refractivity contribution in [1.82, 2.24) is 10.2 Å². The molecule has 1 saturated heterocycles. The second-order valence-electron chi connectivity index (χ2n) is 4.99. The number of amides is 1. The molecule has 1 aliphatic rings. The zero-order valence-corrected chi connectivity index (χ0v) is 11.3. The zero-order valence-electron chi connectivity index (χ0n) is 11.3. The summed E-state index contributed by atoms with van der Waals surface area (Å²) in [6.07, 6.45) is -2.85. The molecule has 0 aromatic carbocycles. The Bertz CT molecular complexity index is 289. The largest absolute Gasteiger partial charge is 0.406 e. The molecule has 1 heterocycles. The lowest BCUT2D eigenvalue weighted by atomic mass is 10.1. The zero-order chi connectivity index (χ0) is 14.5. The van der Waals surface area contributed by atoms with Crippen LogP contribution in [0, 0.1) is 0 Å². The summed E-state index contributed by atoms with van der Waals surface area (Å²) < 4.78 is 42.5. The van der Waals surface area contributed by atoms with Gasteiger partial charge >= 0.3 is 6.18 Å². The van der Waals surface area contributed by atoms with E-state index in [0.717, 1.165) is 30.8 Å². The molecule has 1 N–H and O–H groups in total. The van der Waals surface area contributed by atoms with E-state index in [1.807, 2.05) is 0 Å². The van der Waals surface area contributed by atoms with Gasteiger partial charge < -0.3 is 15.0 Å². The maximum Gasteiger partial charge on any atom is 0.406 e. The summed E-state index contributed by atoms with van der Waals surface area (Å²) in [6, 6.07) is -0.495. The van der Waals surface area contributed by atoms with Crippen LogP contribution in [0.3, 0.4) is 0 Å². The van der Waals surface area contributed by atoms with Gasteiger partial charge in [-0.1, -0.05) is 0 Å². The van der Waals surface area contributed by atoms with Crippen LogP contribution in [0.4, 0.5) is 13.2 Å². The van der Waals surface area contributed by atoms with Crippen LogP contribution in [0.25, 0.3) is 0 Å². The van der Waals surface area contributed by atoms with E-state index < -0.39 is 24.7 Å². The molecule has 0 bridgehead atoms. The lowest BCUT2D eigenvalue weighted by Gasteiger charge is -2.29. The van der Waals surface area contributed by atoms with E-state index >= 15 is 0 Å². The van der Waals surface area contributed by atoms with Gasteiger partial charge in [-0.3, -0.25) is 4.79 Å².